The Labute approximate surface area is 164 Å². The highest BCUT2D eigenvalue weighted by atomic mass is 35.5. The Kier molecular flexibility index (Phi) is 4.83. The fourth-order valence-electron chi connectivity index (χ4n) is 3.74. The largest absolute Gasteiger partial charge is 0.497 e. The average Bonchev–Trinajstić information content (AvgIpc) is 2.73. The van der Waals surface area contributed by atoms with Gasteiger partial charge in [0, 0.05) is 21.8 Å². The third-order valence-electron chi connectivity index (χ3n) is 5.08. The number of nitriles is 1. The fourth-order valence-corrected chi connectivity index (χ4v) is 3.87. The van der Waals surface area contributed by atoms with Gasteiger partial charge < -0.3 is 4.74 Å². The van der Waals surface area contributed by atoms with Crippen LogP contribution in [0.3, 0.4) is 0 Å². The first-order valence-corrected chi connectivity index (χ1v) is 9.45. The van der Waals surface area contributed by atoms with Crippen LogP contribution in [-0.2, 0) is 12.8 Å². The van der Waals surface area contributed by atoms with Gasteiger partial charge in [-0.2, -0.15) is 5.26 Å². The second-order valence-electron chi connectivity index (χ2n) is 6.69. The molecule has 27 heavy (non-hydrogen) atoms. The number of hydrogen-bond acceptors (Lipinski definition) is 3. The number of hydrogen-bond donors (Lipinski definition) is 0. The molecule has 2 aromatic carbocycles. The Hall–Kier alpha value is -2.83. The van der Waals surface area contributed by atoms with E-state index in [1.54, 1.807) is 7.11 Å². The molecule has 0 unspecified atom stereocenters. The van der Waals surface area contributed by atoms with E-state index < -0.39 is 0 Å². The molecule has 1 aromatic heterocycles. The normalized spacial score (nSPS) is 12.9. The lowest BCUT2D eigenvalue weighted by atomic mass is 9.85. The highest BCUT2D eigenvalue weighted by molar-refractivity contribution is 6.30. The number of nitrogens with zero attached hydrogens (tertiary/aromatic N) is 2. The van der Waals surface area contributed by atoms with E-state index in [1.165, 1.54) is 5.56 Å². The van der Waals surface area contributed by atoms with Gasteiger partial charge in [-0.05, 0) is 61.1 Å². The number of aryl methyl sites for hydroxylation is 1. The number of aromatic nitrogens is 1. The van der Waals surface area contributed by atoms with E-state index in [2.05, 4.69) is 6.07 Å². The Morgan fingerprint density at radius 1 is 0.963 bits per heavy atom. The van der Waals surface area contributed by atoms with Crippen LogP contribution < -0.4 is 4.74 Å². The molecule has 1 aliphatic carbocycles. The summed E-state index contributed by atoms with van der Waals surface area (Å²) in [5.41, 5.74) is 6.64. The molecular weight excluding hydrogens is 356 g/mol. The summed E-state index contributed by atoms with van der Waals surface area (Å²) in [4.78, 5) is 4.91. The SMILES string of the molecule is COc1ccc(-c2c(C#N)c(-c3ccc(Cl)cc3)nc3c2CCCC3)cc1. The van der Waals surface area contributed by atoms with E-state index in [1.807, 2.05) is 48.5 Å². The van der Waals surface area contributed by atoms with Crippen LogP contribution in [-0.4, -0.2) is 12.1 Å². The first kappa shape index (κ1) is 17.6. The lowest BCUT2D eigenvalue weighted by molar-refractivity contribution is 0.415. The van der Waals surface area contributed by atoms with Crippen molar-refractivity contribution >= 4 is 11.6 Å². The van der Waals surface area contributed by atoms with Crippen molar-refractivity contribution < 1.29 is 4.74 Å². The van der Waals surface area contributed by atoms with Gasteiger partial charge in [0.15, 0.2) is 0 Å². The highest BCUT2D eigenvalue weighted by Gasteiger charge is 2.23. The first-order valence-electron chi connectivity index (χ1n) is 9.07. The van der Waals surface area contributed by atoms with E-state index in [-0.39, 0.29) is 0 Å². The number of methoxy groups -OCH3 is 1. The fraction of sp³-hybridized carbons (Fsp3) is 0.217. The second kappa shape index (κ2) is 7.42. The van der Waals surface area contributed by atoms with Crippen LogP contribution in [0.15, 0.2) is 48.5 Å². The molecule has 0 saturated heterocycles. The molecule has 3 nitrogen and oxygen atoms in total. The molecule has 0 N–H and O–H groups in total. The van der Waals surface area contributed by atoms with Crippen LogP contribution >= 0.6 is 11.6 Å². The van der Waals surface area contributed by atoms with Crippen molar-refractivity contribution in [2.45, 2.75) is 25.7 Å². The molecule has 1 aliphatic rings. The first-order chi connectivity index (χ1) is 13.2. The summed E-state index contributed by atoms with van der Waals surface area (Å²) in [6.07, 6.45) is 4.17. The van der Waals surface area contributed by atoms with Crippen LogP contribution in [0.25, 0.3) is 22.4 Å². The summed E-state index contributed by atoms with van der Waals surface area (Å²) >= 11 is 6.05. The van der Waals surface area contributed by atoms with Crippen molar-refractivity contribution in [3.05, 3.63) is 70.4 Å². The zero-order valence-corrected chi connectivity index (χ0v) is 15.9. The molecule has 1 heterocycles. The minimum absolute atomic E-state index is 0.628. The minimum atomic E-state index is 0.628. The highest BCUT2D eigenvalue weighted by Crippen LogP contribution is 2.38. The van der Waals surface area contributed by atoms with Crippen LogP contribution in [0.5, 0.6) is 5.75 Å². The zero-order chi connectivity index (χ0) is 18.8. The molecule has 0 spiro atoms. The molecule has 3 aromatic rings. The molecule has 4 rings (SSSR count). The smallest absolute Gasteiger partial charge is 0.118 e. The van der Waals surface area contributed by atoms with Crippen molar-refractivity contribution in [1.82, 2.24) is 4.98 Å². The summed E-state index contributed by atoms with van der Waals surface area (Å²) < 4.78 is 5.29. The van der Waals surface area contributed by atoms with Crippen molar-refractivity contribution in [3.8, 4) is 34.2 Å². The predicted molar refractivity (Wildman–Crippen MR) is 108 cm³/mol. The van der Waals surface area contributed by atoms with Gasteiger partial charge in [0.05, 0.1) is 18.4 Å². The maximum atomic E-state index is 10.0. The number of benzene rings is 2. The Morgan fingerprint density at radius 2 is 1.63 bits per heavy atom. The molecule has 0 amide bonds. The van der Waals surface area contributed by atoms with E-state index >= 15 is 0 Å². The summed E-state index contributed by atoms with van der Waals surface area (Å²) in [5, 5.41) is 10.7. The van der Waals surface area contributed by atoms with Gasteiger partial charge in [0.1, 0.15) is 11.8 Å². The number of halogens is 1. The van der Waals surface area contributed by atoms with Crippen molar-refractivity contribution in [2.75, 3.05) is 7.11 Å². The number of rotatable bonds is 3. The third kappa shape index (κ3) is 3.29. The van der Waals surface area contributed by atoms with Crippen LogP contribution in [0.2, 0.25) is 5.02 Å². The second-order valence-corrected chi connectivity index (χ2v) is 7.13. The lowest BCUT2D eigenvalue weighted by Crippen LogP contribution is -2.10. The van der Waals surface area contributed by atoms with E-state index in [9.17, 15) is 5.26 Å². The molecule has 0 bridgehead atoms. The minimum Gasteiger partial charge on any atom is -0.497 e. The summed E-state index contributed by atoms with van der Waals surface area (Å²) in [7, 11) is 1.66. The van der Waals surface area contributed by atoms with Gasteiger partial charge >= 0.3 is 0 Å². The number of pyridine rings is 1. The molecule has 4 heteroatoms. The predicted octanol–water partition coefficient (Wildman–Crippen LogP) is 5.83. The quantitative estimate of drug-likeness (QED) is 0.579. The maximum absolute atomic E-state index is 10.0. The summed E-state index contributed by atoms with van der Waals surface area (Å²) in [6.45, 7) is 0. The summed E-state index contributed by atoms with van der Waals surface area (Å²) in [6, 6.07) is 17.9. The van der Waals surface area contributed by atoms with Crippen LogP contribution in [0.4, 0.5) is 0 Å². The van der Waals surface area contributed by atoms with Gasteiger partial charge in [-0.15, -0.1) is 0 Å². The summed E-state index contributed by atoms with van der Waals surface area (Å²) in [5.74, 6) is 0.804. The van der Waals surface area contributed by atoms with Gasteiger partial charge in [-0.1, -0.05) is 35.9 Å². The average molecular weight is 375 g/mol. The van der Waals surface area contributed by atoms with Crippen molar-refractivity contribution in [2.24, 2.45) is 0 Å². The lowest BCUT2D eigenvalue weighted by Gasteiger charge is -2.22. The standard InChI is InChI=1S/C23H19ClN2O/c1-27-18-12-8-15(9-13-18)22-19-4-2-3-5-21(19)26-23(20(22)14-25)16-6-10-17(24)11-7-16/h6-13H,2-5H2,1H3. The van der Waals surface area contributed by atoms with Crippen LogP contribution in [0, 0.1) is 11.3 Å². The molecule has 134 valence electrons. The van der Waals surface area contributed by atoms with Gasteiger partial charge in [-0.3, -0.25) is 4.98 Å². The molecule has 0 atom stereocenters. The Bertz CT molecular complexity index is 1020. The van der Waals surface area contributed by atoms with Crippen molar-refractivity contribution in [3.63, 3.8) is 0 Å². The monoisotopic (exact) mass is 374 g/mol. The zero-order valence-electron chi connectivity index (χ0n) is 15.1. The molecule has 0 aliphatic heterocycles. The molecule has 0 fully saturated rings. The van der Waals surface area contributed by atoms with E-state index in [0.29, 0.717) is 10.6 Å². The number of fused-ring (bicyclic) bond motifs is 1. The Morgan fingerprint density at radius 3 is 2.30 bits per heavy atom. The third-order valence-corrected chi connectivity index (χ3v) is 5.33. The van der Waals surface area contributed by atoms with Crippen LogP contribution in [0.1, 0.15) is 29.7 Å². The molecule has 0 saturated carbocycles. The number of ether oxygens (including phenoxy) is 1. The topological polar surface area (TPSA) is 45.9 Å². The van der Waals surface area contributed by atoms with E-state index in [0.717, 1.165) is 59.5 Å². The van der Waals surface area contributed by atoms with E-state index in [4.69, 9.17) is 21.3 Å². The Balaban J connectivity index is 1.98. The molecule has 0 radical (unpaired) electrons. The van der Waals surface area contributed by atoms with Gasteiger partial charge in [-0.25, -0.2) is 0 Å². The van der Waals surface area contributed by atoms with Crippen molar-refractivity contribution in [1.29, 1.82) is 5.26 Å². The van der Waals surface area contributed by atoms with Gasteiger partial charge in [0.25, 0.3) is 0 Å². The maximum Gasteiger partial charge on any atom is 0.118 e. The molecular formula is C23H19ClN2O. The van der Waals surface area contributed by atoms with Gasteiger partial charge in [0.2, 0.25) is 0 Å².